The average Bonchev–Trinajstić information content (AvgIpc) is 3.15. The zero-order chi connectivity index (χ0) is 19.5. The van der Waals surface area contributed by atoms with Crippen molar-refractivity contribution in [2.75, 3.05) is 0 Å². The molecular weight excluding hydrogens is 412 g/mol. The van der Waals surface area contributed by atoms with Crippen LogP contribution in [0.1, 0.15) is 20.8 Å². The predicted molar refractivity (Wildman–Crippen MR) is 114 cm³/mol. The van der Waals surface area contributed by atoms with Crippen LogP contribution in [0, 0.1) is 0 Å². The van der Waals surface area contributed by atoms with Crippen molar-refractivity contribution in [2.45, 2.75) is 13.1 Å². The number of nitrogens with one attached hydrogen (secondary N) is 1. The van der Waals surface area contributed by atoms with Gasteiger partial charge >= 0.3 is 5.69 Å². The van der Waals surface area contributed by atoms with Crippen LogP contribution in [-0.4, -0.2) is 19.9 Å². The highest BCUT2D eigenvalue weighted by atomic mass is 35.5. The molecule has 1 amide bonds. The maximum atomic E-state index is 12.8. The van der Waals surface area contributed by atoms with Crippen LogP contribution >= 0.6 is 23.7 Å². The molecule has 0 spiro atoms. The number of pyridine rings is 1. The summed E-state index contributed by atoms with van der Waals surface area (Å²) in [7, 11) is 0. The summed E-state index contributed by atoms with van der Waals surface area (Å²) in [6.07, 6.45) is 4.69. The molecule has 4 aromatic rings. The van der Waals surface area contributed by atoms with Crippen molar-refractivity contribution in [3.63, 3.8) is 0 Å². The predicted octanol–water partition coefficient (Wildman–Crippen LogP) is 2.32. The summed E-state index contributed by atoms with van der Waals surface area (Å²) in [5.41, 5.74) is 0.897. The van der Waals surface area contributed by atoms with Crippen molar-refractivity contribution in [3.8, 4) is 0 Å². The van der Waals surface area contributed by atoms with E-state index in [4.69, 9.17) is 0 Å². The zero-order valence-corrected chi connectivity index (χ0v) is 16.8. The monoisotopic (exact) mass is 428 g/mol. The Labute approximate surface area is 175 Å². The van der Waals surface area contributed by atoms with Gasteiger partial charge < -0.3 is 5.32 Å². The second-order valence-electron chi connectivity index (χ2n) is 6.18. The molecule has 0 fully saturated rings. The molecule has 3 heterocycles. The fraction of sp³-hybridized carbons (Fsp3) is 0.100. The average molecular weight is 429 g/mol. The summed E-state index contributed by atoms with van der Waals surface area (Å²) >= 11 is 1.11. The molecule has 0 aliphatic heterocycles. The maximum absolute atomic E-state index is 12.8. The van der Waals surface area contributed by atoms with Crippen LogP contribution in [0.4, 0.5) is 0 Å². The second-order valence-corrected chi connectivity index (χ2v) is 7.24. The number of fused-ring (bicyclic) bond motifs is 1. The highest BCUT2D eigenvalue weighted by Gasteiger charge is 2.14. The quantitative estimate of drug-likeness (QED) is 0.528. The van der Waals surface area contributed by atoms with Gasteiger partial charge in [-0.3, -0.25) is 23.5 Å². The van der Waals surface area contributed by atoms with Crippen molar-refractivity contribution in [3.05, 3.63) is 104 Å². The van der Waals surface area contributed by atoms with Gasteiger partial charge in [-0.2, -0.15) is 0 Å². The summed E-state index contributed by atoms with van der Waals surface area (Å²) in [4.78, 5) is 42.3. The Bertz CT molecular complexity index is 1250. The molecule has 29 heavy (non-hydrogen) atoms. The Morgan fingerprint density at radius 3 is 2.48 bits per heavy atom. The molecule has 0 unspecified atom stereocenters. The van der Waals surface area contributed by atoms with Gasteiger partial charge in [0, 0.05) is 31.2 Å². The smallest absolute Gasteiger partial charge is 0.336 e. The fourth-order valence-corrected chi connectivity index (χ4v) is 3.75. The molecule has 1 N–H and O–H groups in total. The molecule has 0 radical (unpaired) electrons. The van der Waals surface area contributed by atoms with E-state index in [0.717, 1.165) is 27.0 Å². The van der Waals surface area contributed by atoms with Gasteiger partial charge in [0.05, 0.1) is 6.54 Å². The summed E-state index contributed by atoms with van der Waals surface area (Å²) in [6, 6.07) is 14.4. The number of halogens is 1. The Kier molecular flexibility index (Phi) is 6.26. The van der Waals surface area contributed by atoms with Crippen molar-refractivity contribution in [1.82, 2.24) is 19.3 Å². The summed E-state index contributed by atoms with van der Waals surface area (Å²) in [5, 5.41) is 2.83. The molecule has 0 atom stereocenters. The molecule has 0 saturated heterocycles. The van der Waals surface area contributed by atoms with Crippen molar-refractivity contribution in [1.29, 1.82) is 0 Å². The third-order valence-corrected chi connectivity index (χ3v) is 5.29. The first kappa shape index (κ1) is 20.5. The third-order valence-electron chi connectivity index (χ3n) is 4.26. The van der Waals surface area contributed by atoms with E-state index in [1.807, 2.05) is 30.3 Å². The lowest BCUT2D eigenvalue weighted by molar-refractivity contribution is 0.0954. The van der Waals surface area contributed by atoms with Gasteiger partial charge in [0.15, 0.2) is 0 Å². The number of carbonyl (C=O) groups is 1. The van der Waals surface area contributed by atoms with Gasteiger partial charge in [0.25, 0.3) is 11.5 Å². The van der Waals surface area contributed by atoms with E-state index in [1.54, 1.807) is 24.5 Å². The van der Waals surface area contributed by atoms with Crippen LogP contribution in [0.2, 0.25) is 0 Å². The van der Waals surface area contributed by atoms with Crippen LogP contribution in [0.3, 0.4) is 0 Å². The van der Waals surface area contributed by atoms with Gasteiger partial charge in [0.1, 0.15) is 9.71 Å². The molecule has 4 rings (SSSR count). The van der Waals surface area contributed by atoms with E-state index in [-0.39, 0.29) is 24.9 Å². The van der Waals surface area contributed by atoms with E-state index in [9.17, 15) is 14.4 Å². The van der Waals surface area contributed by atoms with E-state index in [0.29, 0.717) is 16.3 Å². The largest absolute Gasteiger partial charge is 0.347 e. The van der Waals surface area contributed by atoms with E-state index in [2.05, 4.69) is 10.3 Å². The second kappa shape index (κ2) is 8.85. The van der Waals surface area contributed by atoms with Gasteiger partial charge in [-0.25, -0.2) is 4.79 Å². The molecule has 3 aromatic heterocycles. The normalized spacial score (nSPS) is 10.5. The molecule has 1 aromatic carbocycles. The van der Waals surface area contributed by atoms with E-state index in [1.165, 1.54) is 16.7 Å². The first-order chi connectivity index (χ1) is 13.6. The number of benzene rings is 1. The van der Waals surface area contributed by atoms with E-state index >= 15 is 0 Å². The van der Waals surface area contributed by atoms with E-state index < -0.39 is 11.2 Å². The number of carbonyl (C=O) groups excluding carboxylic acids is 1. The zero-order valence-electron chi connectivity index (χ0n) is 15.1. The Balaban J connectivity index is 0.00000240. The topological polar surface area (TPSA) is 85.5 Å². The minimum atomic E-state index is -0.474. The maximum Gasteiger partial charge on any atom is 0.336 e. The fourth-order valence-electron chi connectivity index (χ4n) is 2.81. The number of amides is 1. The van der Waals surface area contributed by atoms with Crippen LogP contribution < -0.4 is 16.6 Å². The van der Waals surface area contributed by atoms with Crippen LogP contribution in [0.25, 0.3) is 4.83 Å². The van der Waals surface area contributed by atoms with Crippen LogP contribution in [0.15, 0.2) is 76.7 Å². The highest BCUT2D eigenvalue weighted by Crippen LogP contribution is 2.15. The number of hydrogen-bond donors (Lipinski definition) is 1. The lowest BCUT2D eigenvalue weighted by atomic mass is 10.2. The summed E-state index contributed by atoms with van der Waals surface area (Å²) in [5.74, 6) is -0.287. The Hall–Kier alpha value is -3.23. The van der Waals surface area contributed by atoms with Gasteiger partial charge in [-0.1, -0.05) is 30.3 Å². The highest BCUT2D eigenvalue weighted by molar-refractivity contribution is 7.19. The minimum Gasteiger partial charge on any atom is -0.347 e. The van der Waals surface area contributed by atoms with Crippen molar-refractivity contribution < 1.29 is 4.79 Å². The van der Waals surface area contributed by atoms with Crippen LogP contribution in [-0.2, 0) is 13.1 Å². The molecule has 9 heteroatoms. The number of hydrogen-bond acceptors (Lipinski definition) is 5. The summed E-state index contributed by atoms with van der Waals surface area (Å²) < 4.78 is 2.48. The molecule has 0 saturated carbocycles. The van der Waals surface area contributed by atoms with Crippen molar-refractivity contribution >= 4 is 34.5 Å². The number of nitrogens with zero attached hydrogens (tertiary/aromatic N) is 3. The van der Waals surface area contributed by atoms with Gasteiger partial charge in [-0.15, -0.1) is 23.7 Å². The Morgan fingerprint density at radius 2 is 1.76 bits per heavy atom. The van der Waals surface area contributed by atoms with Crippen molar-refractivity contribution in [2.24, 2.45) is 0 Å². The molecular formula is C20H17ClN4O3S. The molecule has 7 nitrogen and oxygen atoms in total. The first-order valence-electron chi connectivity index (χ1n) is 8.59. The minimum absolute atomic E-state index is 0. The first-order valence-corrected chi connectivity index (χ1v) is 9.40. The number of aromatic nitrogens is 3. The molecule has 0 bridgehead atoms. The lowest BCUT2D eigenvalue weighted by Crippen LogP contribution is -2.36. The molecule has 0 aliphatic carbocycles. The van der Waals surface area contributed by atoms with Gasteiger partial charge in [-0.05, 0) is 23.3 Å². The lowest BCUT2D eigenvalue weighted by Gasteiger charge is -2.04. The molecule has 0 aliphatic rings. The SMILES string of the molecule is Cl.O=C(NCc1ccccc1)c1cn2c(=O)n(Cc3ccncc3)c(=O)cc2s1. The standard InChI is InChI=1S/C20H16N4O3S.ClH/c25-17-10-18-24(20(27)23(17)12-15-6-8-21-9-7-15)13-16(28-18)19(26)22-11-14-4-2-1-3-5-14;/h1-10,13H,11-12H2,(H,22,26);1H. The molecule has 148 valence electrons. The summed E-state index contributed by atoms with van der Waals surface area (Å²) in [6.45, 7) is 0.534. The Morgan fingerprint density at radius 1 is 1.03 bits per heavy atom. The number of thiazole rings is 1. The van der Waals surface area contributed by atoms with Crippen LogP contribution in [0.5, 0.6) is 0 Å². The van der Waals surface area contributed by atoms with Gasteiger partial charge in [0.2, 0.25) is 0 Å². The third kappa shape index (κ3) is 4.44. The number of rotatable bonds is 5.